The van der Waals surface area contributed by atoms with E-state index in [1.165, 1.54) is 0 Å². The SMILES string of the molecule is C=CC[C@](C)(c1ccccc1)S(=O)(=O)C(C)(C)C. The Morgan fingerprint density at radius 2 is 1.61 bits per heavy atom. The first-order valence-electron chi connectivity index (χ1n) is 6.07. The largest absolute Gasteiger partial charge is 0.227 e. The molecule has 3 heteroatoms. The van der Waals surface area contributed by atoms with Crippen LogP contribution in [0.5, 0.6) is 0 Å². The van der Waals surface area contributed by atoms with Gasteiger partial charge in [-0.25, -0.2) is 8.42 Å². The molecular weight excluding hydrogens is 244 g/mol. The lowest BCUT2D eigenvalue weighted by Gasteiger charge is -2.35. The Morgan fingerprint density at radius 3 is 2.00 bits per heavy atom. The van der Waals surface area contributed by atoms with Gasteiger partial charge < -0.3 is 0 Å². The number of rotatable bonds is 4. The second-order valence-corrected chi connectivity index (χ2v) is 8.84. The van der Waals surface area contributed by atoms with E-state index in [-0.39, 0.29) is 0 Å². The van der Waals surface area contributed by atoms with Crippen LogP contribution in [0, 0.1) is 0 Å². The minimum absolute atomic E-state index is 0.413. The lowest BCUT2D eigenvalue weighted by Crippen LogP contribution is -2.43. The van der Waals surface area contributed by atoms with Crippen LogP contribution in [-0.2, 0) is 14.6 Å². The number of allylic oxidation sites excluding steroid dienone is 1. The number of sulfone groups is 1. The van der Waals surface area contributed by atoms with Gasteiger partial charge in [0.15, 0.2) is 9.84 Å². The summed E-state index contributed by atoms with van der Waals surface area (Å²) < 4.78 is 23.9. The second kappa shape index (κ2) is 4.88. The monoisotopic (exact) mass is 266 g/mol. The van der Waals surface area contributed by atoms with E-state index in [0.717, 1.165) is 5.56 Å². The van der Waals surface area contributed by atoms with Crippen molar-refractivity contribution in [3.63, 3.8) is 0 Å². The van der Waals surface area contributed by atoms with Gasteiger partial charge in [0, 0.05) is 0 Å². The van der Waals surface area contributed by atoms with Gasteiger partial charge in [0.05, 0.1) is 9.49 Å². The van der Waals surface area contributed by atoms with Crippen molar-refractivity contribution in [2.75, 3.05) is 0 Å². The van der Waals surface area contributed by atoms with E-state index in [1.807, 2.05) is 30.3 Å². The van der Waals surface area contributed by atoms with Crippen LogP contribution in [0.3, 0.4) is 0 Å². The number of hydrogen-bond donors (Lipinski definition) is 0. The van der Waals surface area contributed by atoms with Crippen LogP contribution in [0.1, 0.15) is 39.7 Å². The normalized spacial score (nSPS) is 16.0. The van der Waals surface area contributed by atoms with Crippen molar-refractivity contribution in [1.29, 1.82) is 0 Å². The molecule has 0 fully saturated rings. The molecule has 0 amide bonds. The molecule has 1 aromatic carbocycles. The van der Waals surface area contributed by atoms with E-state index in [2.05, 4.69) is 6.58 Å². The third kappa shape index (κ3) is 2.37. The summed E-state index contributed by atoms with van der Waals surface area (Å²) in [5.74, 6) is 0. The summed E-state index contributed by atoms with van der Waals surface area (Å²) in [5, 5.41) is 0. The molecular formula is C15H22O2S. The van der Waals surface area contributed by atoms with Crippen LogP contribution >= 0.6 is 0 Å². The predicted octanol–water partition coefficient (Wildman–Crippen LogP) is 3.69. The molecule has 0 spiro atoms. The fourth-order valence-corrected chi connectivity index (χ4v) is 4.26. The highest BCUT2D eigenvalue weighted by molar-refractivity contribution is 7.93. The first-order chi connectivity index (χ1) is 8.17. The Hall–Kier alpha value is -1.09. The molecule has 1 rings (SSSR count). The van der Waals surface area contributed by atoms with Gasteiger partial charge in [0.25, 0.3) is 0 Å². The van der Waals surface area contributed by atoms with Crippen LogP contribution in [0.2, 0.25) is 0 Å². The third-order valence-corrected chi connectivity index (χ3v) is 6.52. The Morgan fingerprint density at radius 1 is 1.11 bits per heavy atom. The van der Waals surface area contributed by atoms with E-state index in [1.54, 1.807) is 33.8 Å². The highest BCUT2D eigenvalue weighted by atomic mass is 32.2. The molecule has 0 saturated heterocycles. The van der Waals surface area contributed by atoms with Crippen LogP contribution in [-0.4, -0.2) is 13.2 Å². The summed E-state index contributed by atoms with van der Waals surface area (Å²) in [6.07, 6.45) is 2.09. The molecule has 0 bridgehead atoms. The molecule has 1 atom stereocenters. The lowest BCUT2D eigenvalue weighted by molar-refractivity contribution is 0.507. The molecule has 0 aromatic heterocycles. The standard InChI is InChI=1S/C15H22O2S/c1-6-12-15(5,13-10-8-7-9-11-13)18(16,17)14(2,3)4/h6-11H,1,12H2,2-5H3/t15-/m1/s1. The maximum Gasteiger partial charge on any atom is 0.165 e. The zero-order valence-electron chi connectivity index (χ0n) is 11.6. The minimum Gasteiger partial charge on any atom is -0.227 e. The molecule has 2 nitrogen and oxygen atoms in total. The van der Waals surface area contributed by atoms with Crippen LogP contribution in [0.25, 0.3) is 0 Å². The molecule has 0 N–H and O–H groups in total. The maximum atomic E-state index is 12.8. The van der Waals surface area contributed by atoms with E-state index < -0.39 is 19.3 Å². The molecule has 0 aliphatic heterocycles. The molecule has 0 saturated carbocycles. The van der Waals surface area contributed by atoms with E-state index in [0.29, 0.717) is 6.42 Å². The minimum atomic E-state index is -3.32. The summed E-state index contributed by atoms with van der Waals surface area (Å²) in [4.78, 5) is 0. The Kier molecular flexibility index (Phi) is 4.06. The molecule has 0 aliphatic carbocycles. The zero-order valence-corrected chi connectivity index (χ0v) is 12.4. The van der Waals surface area contributed by atoms with Gasteiger partial charge >= 0.3 is 0 Å². The fourth-order valence-electron chi connectivity index (χ4n) is 2.12. The Bertz CT molecular complexity index is 509. The van der Waals surface area contributed by atoms with Crippen molar-refractivity contribution in [2.24, 2.45) is 0 Å². The Balaban J connectivity index is 3.48. The summed E-state index contributed by atoms with van der Waals surface area (Å²) in [6, 6.07) is 9.37. The average Bonchev–Trinajstić information content (AvgIpc) is 2.28. The van der Waals surface area contributed by atoms with Crippen molar-refractivity contribution >= 4 is 9.84 Å². The molecule has 1 aromatic rings. The van der Waals surface area contributed by atoms with E-state index >= 15 is 0 Å². The molecule has 0 radical (unpaired) electrons. The van der Waals surface area contributed by atoms with Crippen molar-refractivity contribution < 1.29 is 8.42 Å². The highest BCUT2D eigenvalue weighted by Gasteiger charge is 2.46. The summed E-state index contributed by atoms with van der Waals surface area (Å²) >= 11 is 0. The smallest absolute Gasteiger partial charge is 0.165 e. The van der Waals surface area contributed by atoms with Crippen LogP contribution in [0.4, 0.5) is 0 Å². The molecule has 0 heterocycles. The first-order valence-corrected chi connectivity index (χ1v) is 7.56. The number of benzene rings is 1. The van der Waals surface area contributed by atoms with Gasteiger partial charge in [0.1, 0.15) is 0 Å². The summed E-state index contributed by atoms with van der Waals surface area (Å²) in [5.41, 5.74) is 0.819. The maximum absolute atomic E-state index is 12.8. The topological polar surface area (TPSA) is 34.1 Å². The van der Waals surface area contributed by atoms with Gasteiger partial charge in [-0.1, -0.05) is 36.4 Å². The summed E-state index contributed by atoms with van der Waals surface area (Å²) in [7, 11) is -3.32. The summed E-state index contributed by atoms with van der Waals surface area (Å²) in [6.45, 7) is 10.7. The quantitative estimate of drug-likeness (QED) is 0.779. The van der Waals surface area contributed by atoms with Crippen LogP contribution < -0.4 is 0 Å². The van der Waals surface area contributed by atoms with Gasteiger partial charge in [-0.3, -0.25) is 0 Å². The van der Waals surface area contributed by atoms with E-state index in [4.69, 9.17) is 0 Å². The predicted molar refractivity (Wildman–Crippen MR) is 77.3 cm³/mol. The molecule has 0 unspecified atom stereocenters. The van der Waals surface area contributed by atoms with Gasteiger partial charge in [0.2, 0.25) is 0 Å². The molecule has 100 valence electrons. The highest BCUT2D eigenvalue weighted by Crippen LogP contribution is 2.40. The van der Waals surface area contributed by atoms with Gasteiger partial charge in [-0.2, -0.15) is 0 Å². The average molecular weight is 266 g/mol. The van der Waals surface area contributed by atoms with Crippen LogP contribution in [0.15, 0.2) is 43.0 Å². The third-order valence-electron chi connectivity index (χ3n) is 3.32. The molecule has 0 aliphatic rings. The zero-order chi connectivity index (χ0) is 14.0. The van der Waals surface area contributed by atoms with E-state index in [9.17, 15) is 8.42 Å². The Labute approximate surface area is 111 Å². The van der Waals surface area contributed by atoms with Gasteiger partial charge in [-0.15, -0.1) is 6.58 Å². The van der Waals surface area contributed by atoms with Gasteiger partial charge in [-0.05, 0) is 39.7 Å². The number of hydrogen-bond acceptors (Lipinski definition) is 2. The van der Waals surface area contributed by atoms with Crippen molar-refractivity contribution in [2.45, 2.75) is 43.6 Å². The lowest BCUT2D eigenvalue weighted by atomic mass is 9.97. The fraction of sp³-hybridized carbons (Fsp3) is 0.467. The van der Waals surface area contributed by atoms with Crippen molar-refractivity contribution in [3.05, 3.63) is 48.6 Å². The second-order valence-electron chi connectivity index (χ2n) is 5.71. The first kappa shape index (κ1) is 15.0. The van der Waals surface area contributed by atoms with Crippen molar-refractivity contribution in [1.82, 2.24) is 0 Å². The van der Waals surface area contributed by atoms with Crippen molar-refractivity contribution in [3.8, 4) is 0 Å². The molecule has 18 heavy (non-hydrogen) atoms.